The van der Waals surface area contributed by atoms with Crippen molar-refractivity contribution in [3.8, 4) is 11.1 Å². The van der Waals surface area contributed by atoms with Crippen molar-refractivity contribution < 1.29 is 0 Å². The van der Waals surface area contributed by atoms with Gasteiger partial charge >= 0.3 is 0 Å². The first-order chi connectivity index (χ1) is 11.9. The highest BCUT2D eigenvalue weighted by atomic mass is 32.1. The first-order valence-electron chi connectivity index (χ1n) is 8.33. The molecule has 0 aliphatic carbocycles. The molecule has 0 saturated heterocycles. The molecular weight excluding hydrogens is 312 g/mol. The zero-order valence-corrected chi connectivity index (χ0v) is 14.4. The Balaban J connectivity index is 1.45. The molecule has 2 aromatic heterocycles. The van der Waals surface area contributed by atoms with Crippen LogP contribution in [-0.2, 0) is 6.54 Å². The molecule has 3 heterocycles. The molecule has 0 bridgehead atoms. The van der Waals surface area contributed by atoms with Crippen molar-refractivity contribution >= 4 is 16.9 Å². The van der Waals surface area contributed by atoms with Crippen molar-refractivity contribution in [1.82, 2.24) is 9.88 Å². The van der Waals surface area contributed by atoms with Gasteiger partial charge in [0.15, 0.2) is 0 Å². The maximum Gasteiger partial charge on any atom is 0.0346 e. The fourth-order valence-corrected chi connectivity index (χ4v) is 3.96. The van der Waals surface area contributed by atoms with Crippen LogP contribution in [0.15, 0.2) is 72.4 Å². The predicted octanol–water partition coefficient (Wildman–Crippen LogP) is 5.10. The van der Waals surface area contributed by atoms with Crippen LogP contribution in [0.1, 0.15) is 16.9 Å². The van der Waals surface area contributed by atoms with E-state index in [0.29, 0.717) is 0 Å². The molecule has 1 aliphatic rings. The van der Waals surface area contributed by atoms with Gasteiger partial charge in [-0.25, -0.2) is 0 Å². The molecule has 24 heavy (non-hydrogen) atoms. The van der Waals surface area contributed by atoms with Gasteiger partial charge in [0.25, 0.3) is 0 Å². The summed E-state index contributed by atoms with van der Waals surface area (Å²) in [5, 5.41) is 2.16. The van der Waals surface area contributed by atoms with Crippen molar-refractivity contribution in [2.45, 2.75) is 13.0 Å². The molecular formula is C21H20N2S. The predicted molar refractivity (Wildman–Crippen MR) is 102 cm³/mol. The Morgan fingerprint density at radius 1 is 1.00 bits per heavy atom. The van der Waals surface area contributed by atoms with Gasteiger partial charge in [0.05, 0.1) is 0 Å². The number of benzene rings is 1. The van der Waals surface area contributed by atoms with Crippen molar-refractivity contribution in [2.75, 3.05) is 13.1 Å². The third-order valence-electron chi connectivity index (χ3n) is 4.44. The number of rotatable bonds is 4. The highest BCUT2D eigenvalue weighted by molar-refractivity contribution is 7.11. The second kappa shape index (κ2) is 7.12. The molecule has 3 aromatic rings. The number of nitrogens with zero attached hydrogens (tertiary/aromatic N) is 2. The molecule has 120 valence electrons. The van der Waals surface area contributed by atoms with Gasteiger partial charge in [-0.15, -0.1) is 11.3 Å². The van der Waals surface area contributed by atoms with E-state index in [4.69, 9.17) is 0 Å². The Kier molecular flexibility index (Phi) is 4.54. The van der Waals surface area contributed by atoms with E-state index in [0.717, 1.165) is 26.1 Å². The largest absolute Gasteiger partial charge is 0.295 e. The van der Waals surface area contributed by atoms with E-state index in [2.05, 4.69) is 63.8 Å². The summed E-state index contributed by atoms with van der Waals surface area (Å²) in [5.74, 6) is 0. The van der Waals surface area contributed by atoms with E-state index >= 15 is 0 Å². The summed E-state index contributed by atoms with van der Waals surface area (Å²) in [7, 11) is 0. The van der Waals surface area contributed by atoms with Crippen LogP contribution in [0.25, 0.3) is 16.7 Å². The molecule has 0 fully saturated rings. The normalized spacial score (nSPS) is 15.2. The molecule has 2 nitrogen and oxygen atoms in total. The highest BCUT2D eigenvalue weighted by Crippen LogP contribution is 2.27. The Bertz CT molecular complexity index is 822. The fraction of sp³-hybridized carbons (Fsp3) is 0.190. The van der Waals surface area contributed by atoms with Gasteiger partial charge < -0.3 is 0 Å². The molecule has 0 spiro atoms. The summed E-state index contributed by atoms with van der Waals surface area (Å²) in [6, 6.07) is 17.1. The zero-order valence-electron chi connectivity index (χ0n) is 13.6. The van der Waals surface area contributed by atoms with E-state index in [9.17, 15) is 0 Å². The van der Waals surface area contributed by atoms with Crippen LogP contribution in [0, 0.1) is 0 Å². The second-order valence-electron chi connectivity index (χ2n) is 6.14. The van der Waals surface area contributed by atoms with Crippen LogP contribution in [0.2, 0.25) is 0 Å². The second-order valence-corrected chi connectivity index (χ2v) is 7.09. The Morgan fingerprint density at radius 3 is 2.67 bits per heavy atom. The molecule has 4 rings (SSSR count). The highest BCUT2D eigenvalue weighted by Gasteiger charge is 2.14. The first kappa shape index (κ1) is 15.3. The number of aromatic nitrogens is 1. The summed E-state index contributed by atoms with van der Waals surface area (Å²) in [4.78, 5) is 8.35. The van der Waals surface area contributed by atoms with Gasteiger partial charge in [-0.3, -0.25) is 9.88 Å². The maximum absolute atomic E-state index is 4.44. The monoisotopic (exact) mass is 332 g/mol. The van der Waals surface area contributed by atoms with E-state index in [-0.39, 0.29) is 0 Å². The molecule has 0 N–H and O–H groups in total. The molecule has 0 amide bonds. The van der Waals surface area contributed by atoms with Crippen molar-refractivity contribution in [3.05, 3.63) is 82.8 Å². The topological polar surface area (TPSA) is 16.1 Å². The standard InChI is InChI=1S/C21H20N2S/c1-2-5-18(6-3-1)20-13-17(14-22-15-20)16-23-10-8-19(9-11-23)21-7-4-12-24-21/h1-8,12-15H,9-11,16H2. The van der Waals surface area contributed by atoms with Crippen LogP contribution < -0.4 is 0 Å². The van der Waals surface area contributed by atoms with Crippen molar-refractivity contribution in [3.63, 3.8) is 0 Å². The van der Waals surface area contributed by atoms with Crippen LogP contribution in [0.5, 0.6) is 0 Å². The molecule has 0 unspecified atom stereocenters. The van der Waals surface area contributed by atoms with Gasteiger partial charge in [0.2, 0.25) is 0 Å². The van der Waals surface area contributed by atoms with E-state index in [1.165, 1.54) is 27.1 Å². The minimum absolute atomic E-state index is 0.960. The lowest BCUT2D eigenvalue weighted by molar-refractivity contribution is 0.294. The summed E-state index contributed by atoms with van der Waals surface area (Å²) in [6.45, 7) is 3.09. The fourth-order valence-electron chi connectivity index (χ4n) is 3.16. The average molecular weight is 332 g/mol. The number of pyridine rings is 1. The van der Waals surface area contributed by atoms with Gasteiger partial charge in [-0.1, -0.05) is 42.5 Å². The van der Waals surface area contributed by atoms with Gasteiger partial charge in [-0.2, -0.15) is 0 Å². The van der Waals surface area contributed by atoms with Crippen molar-refractivity contribution in [1.29, 1.82) is 0 Å². The minimum Gasteiger partial charge on any atom is -0.295 e. The minimum atomic E-state index is 0.960. The van der Waals surface area contributed by atoms with E-state index < -0.39 is 0 Å². The number of thiophene rings is 1. The Labute approximate surface area is 147 Å². The van der Waals surface area contributed by atoms with Gasteiger partial charge in [-0.05, 0) is 40.6 Å². The van der Waals surface area contributed by atoms with Crippen molar-refractivity contribution in [2.24, 2.45) is 0 Å². The Hall–Kier alpha value is -2.23. The molecule has 1 aromatic carbocycles. The van der Waals surface area contributed by atoms with Crippen LogP contribution >= 0.6 is 11.3 Å². The van der Waals surface area contributed by atoms with Gasteiger partial charge in [0.1, 0.15) is 0 Å². The quantitative estimate of drug-likeness (QED) is 0.661. The molecule has 3 heteroatoms. The molecule has 1 aliphatic heterocycles. The number of hydrogen-bond acceptors (Lipinski definition) is 3. The third kappa shape index (κ3) is 3.48. The lowest BCUT2D eigenvalue weighted by atomic mass is 10.0. The van der Waals surface area contributed by atoms with Crippen LogP contribution in [-0.4, -0.2) is 23.0 Å². The van der Waals surface area contributed by atoms with Crippen LogP contribution in [0.3, 0.4) is 0 Å². The molecule has 0 atom stereocenters. The summed E-state index contributed by atoms with van der Waals surface area (Å²) < 4.78 is 0. The maximum atomic E-state index is 4.44. The lowest BCUT2D eigenvalue weighted by Crippen LogP contribution is -2.27. The Morgan fingerprint density at radius 2 is 1.92 bits per heavy atom. The zero-order chi connectivity index (χ0) is 16.2. The van der Waals surface area contributed by atoms with Crippen LogP contribution in [0.4, 0.5) is 0 Å². The summed E-state index contributed by atoms with van der Waals surface area (Å²) >= 11 is 1.84. The van der Waals surface area contributed by atoms with Gasteiger partial charge in [0, 0.05) is 42.5 Å². The van der Waals surface area contributed by atoms with E-state index in [1.807, 2.05) is 29.8 Å². The summed E-state index contributed by atoms with van der Waals surface area (Å²) in [6.07, 6.45) is 7.45. The lowest BCUT2D eigenvalue weighted by Gasteiger charge is -2.26. The average Bonchev–Trinajstić information content (AvgIpc) is 3.18. The smallest absolute Gasteiger partial charge is 0.0346 e. The third-order valence-corrected chi connectivity index (χ3v) is 5.38. The number of hydrogen-bond donors (Lipinski definition) is 0. The molecule has 0 radical (unpaired) electrons. The van der Waals surface area contributed by atoms with E-state index in [1.54, 1.807) is 0 Å². The SMILES string of the molecule is C1=C(c2cccs2)CCN(Cc2cncc(-c3ccccc3)c2)C1. The molecule has 0 saturated carbocycles. The first-order valence-corrected chi connectivity index (χ1v) is 9.21. The summed E-state index contributed by atoms with van der Waals surface area (Å²) in [5.41, 5.74) is 5.20.